The summed E-state index contributed by atoms with van der Waals surface area (Å²) in [6.07, 6.45) is 4.89. The third-order valence-corrected chi connectivity index (χ3v) is 8.34. The lowest BCUT2D eigenvalue weighted by molar-refractivity contribution is -0.0963. The molecule has 0 aromatic heterocycles. The fourth-order valence-corrected chi connectivity index (χ4v) is 6.16. The highest BCUT2D eigenvalue weighted by molar-refractivity contribution is 5.76. The molecule has 0 bridgehead atoms. The Morgan fingerprint density at radius 3 is 2.46 bits per heavy atom. The molecule has 0 amide bonds. The summed E-state index contributed by atoms with van der Waals surface area (Å²) in [7, 11) is 8.19. The summed E-state index contributed by atoms with van der Waals surface area (Å²) >= 11 is 0. The van der Waals surface area contributed by atoms with Gasteiger partial charge in [-0.1, -0.05) is 62.4 Å². The van der Waals surface area contributed by atoms with E-state index in [1.807, 2.05) is 64.6 Å². The van der Waals surface area contributed by atoms with Gasteiger partial charge in [-0.2, -0.15) is 13.2 Å². The van der Waals surface area contributed by atoms with Crippen molar-refractivity contribution >= 4 is 6.21 Å². The number of aliphatic imine (C=N–C) groups is 1. The molecule has 0 saturated carbocycles. The molecule has 2 heterocycles. The standard InChI is InChI=1S/C31H42F3N5/c1-21-25(15-18-35-29(21)36-22(2)23-12-9-8-10-13-23)27-28(39(7)26(38(27)6)16-19-37(4)5)30(3)17-11-14-24(20-30)31(32,33)34/h8-15,17-18,21-22,26,29,36H,16,19-20H2,1-7H3/t21?,22-,26?,29?,30?/m0/s1. The van der Waals surface area contributed by atoms with Gasteiger partial charge in [-0.15, -0.1) is 0 Å². The van der Waals surface area contributed by atoms with Gasteiger partial charge in [0, 0.05) is 55.5 Å². The number of nitrogens with zero attached hydrogens (tertiary/aromatic N) is 4. The van der Waals surface area contributed by atoms with Gasteiger partial charge in [-0.3, -0.25) is 10.3 Å². The van der Waals surface area contributed by atoms with Gasteiger partial charge in [0.05, 0.1) is 5.70 Å². The molecule has 8 heteroatoms. The highest BCUT2D eigenvalue weighted by atomic mass is 19.4. The van der Waals surface area contributed by atoms with E-state index in [1.165, 1.54) is 11.6 Å². The molecule has 1 aromatic rings. The maximum absolute atomic E-state index is 13.9. The van der Waals surface area contributed by atoms with Crippen molar-refractivity contribution in [2.24, 2.45) is 16.3 Å². The van der Waals surface area contributed by atoms with Crippen molar-refractivity contribution in [2.75, 3.05) is 34.7 Å². The zero-order valence-electron chi connectivity index (χ0n) is 24.1. The number of halogens is 3. The lowest BCUT2D eigenvalue weighted by Gasteiger charge is -2.38. The second kappa shape index (κ2) is 11.3. The summed E-state index contributed by atoms with van der Waals surface area (Å²) < 4.78 is 41.6. The van der Waals surface area contributed by atoms with Crippen molar-refractivity contribution in [3.05, 3.63) is 82.7 Å². The van der Waals surface area contributed by atoms with Gasteiger partial charge >= 0.3 is 6.18 Å². The number of hydrogen-bond acceptors (Lipinski definition) is 5. The van der Waals surface area contributed by atoms with Gasteiger partial charge in [-0.25, -0.2) is 0 Å². The molecule has 3 aliphatic rings. The topological polar surface area (TPSA) is 34.1 Å². The molecule has 5 atom stereocenters. The number of alkyl halides is 3. The molecule has 4 unspecified atom stereocenters. The zero-order chi connectivity index (χ0) is 28.5. The van der Waals surface area contributed by atoms with E-state index in [9.17, 15) is 13.2 Å². The lowest BCUT2D eigenvalue weighted by atomic mass is 9.74. The first-order valence-corrected chi connectivity index (χ1v) is 13.7. The average molecular weight is 542 g/mol. The van der Waals surface area contributed by atoms with Crippen LogP contribution in [0, 0.1) is 11.3 Å². The molecule has 0 saturated heterocycles. The van der Waals surface area contributed by atoms with Crippen LogP contribution in [0.25, 0.3) is 0 Å². The second-order valence-corrected chi connectivity index (χ2v) is 11.6. The van der Waals surface area contributed by atoms with Crippen molar-refractivity contribution in [3.63, 3.8) is 0 Å². The maximum Gasteiger partial charge on any atom is 0.412 e. The first-order valence-electron chi connectivity index (χ1n) is 13.7. The molecule has 1 aromatic carbocycles. The van der Waals surface area contributed by atoms with E-state index in [0.717, 1.165) is 29.9 Å². The largest absolute Gasteiger partial charge is 0.412 e. The minimum atomic E-state index is -4.35. The number of nitrogens with one attached hydrogen (secondary N) is 1. The van der Waals surface area contributed by atoms with Crippen molar-refractivity contribution in [1.29, 1.82) is 0 Å². The van der Waals surface area contributed by atoms with Gasteiger partial charge < -0.3 is 14.7 Å². The zero-order valence-corrected chi connectivity index (χ0v) is 24.1. The molecule has 2 aliphatic heterocycles. The summed E-state index contributed by atoms with van der Waals surface area (Å²) in [6, 6.07) is 10.4. The van der Waals surface area contributed by atoms with Crippen LogP contribution in [0.3, 0.4) is 0 Å². The van der Waals surface area contributed by atoms with E-state index in [-0.39, 0.29) is 30.7 Å². The molecule has 0 spiro atoms. The summed E-state index contributed by atoms with van der Waals surface area (Å²) in [5, 5.41) is 3.67. The van der Waals surface area contributed by atoms with E-state index in [4.69, 9.17) is 4.99 Å². The molecule has 5 nitrogen and oxygen atoms in total. The number of dihydropyridines is 1. The Balaban J connectivity index is 1.71. The first kappa shape index (κ1) is 29.2. The first-order chi connectivity index (χ1) is 18.3. The molecule has 0 fully saturated rings. The summed E-state index contributed by atoms with van der Waals surface area (Å²) in [5.74, 6) is 0.0170. The van der Waals surface area contributed by atoms with Crippen LogP contribution in [0.5, 0.6) is 0 Å². The van der Waals surface area contributed by atoms with Crippen molar-refractivity contribution in [3.8, 4) is 0 Å². The number of benzene rings is 1. The molecule has 1 N–H and O–H groups in total. The molecule has 212 valence electrons. The van der Waals surface area contributed by atoms with E-state index in [2.05, 4.69) is 53.0 Å². The number of allylic oxidation sites excluding steroid dienone is 6. The lowest BCUT2D eigenvalue weighted by Crippen LogP contribution is -2.41. The van der Waals surface area contributed by atoms with E-state index in [0.29, 0.717) is 0 Å². The van der Waals surface area contributed by atoms with Crippen LogP contribution in [-0.4, -0.2) is 74.2 Å². The smallest absolute Gasteiger partial charge is 0.355 e. The summed E-state index contributed by atoms with van der Waals surface area (Å²) in [5.41, 5.74) is 2.93. The van der Waals surface area contributed by atoms with Crippen LogP contribution in [0.15, 0.2) is 82.2 Å². The number of hydrogen-bond donors (Lipinski definition) is 1. The molecule has 0 radical (unpaired) electrons. The quantitative estimate of drug-likeness (QED) is 0.429. The Hall–Kier alpha value is -2.84. The minimum absolute atomic E-state index is 0.0170. The fraction of sp³-hybridized carbons (Fsp3) is 0.516. The highest BCUT2D eigenvalue weighted by Gasteiger charge is 2.48. The highest BCUT2D eigenvalue weighted by Crippen LogP contribution is 2.51. The minimum Gasteiger partial charge on any atom is -0.355 e. The number of likely N-dealkylation sites (N-methyl/N-ethyl adjacent to an activating group) is 1. The van der Waals surface area contributed by atoms with Crippen LogP contribution in [0.4, 0.5) is 13.2 Å². The van der Waals surface area contributed by atoms with E-state index in [1.54, 1.807) is 6.08 Å². The second-order valence-electron chi connectivity index (χ2n) is 11.6. The van der Waals surface area contributed by atoms with Crippen LogP contribution in [-0.2, 0) is 0 Å². The van der Waals surface area contributed by atoms with Gasteiger partial charge in [0.2, 0.25) is 0 Å². The molecular weight excluding hydrogens is 499 g/mol. The molecule has 4 rings (SSSR count). The fourth-order valence-electron chi connectivity index (χ4n) is 6.16. The Bertz CT molecular complexity index is 1180. The normalized spacial score (nSPS) is 28.3. The van der Waals surface area contributed by atoms with Crippen molar-refractivity contribution < 1.29 is 13.2 Å². The Morgan fingerprint density at radius 1 is 1.13 bits per heavy atom. The molecular formula is C31H42F3N5. The van der Waals surface area contributed by atoms with Crippen LogP contribution in [0.1, 0.15) is 45.2 Å². The van der Waals surface area contributed by atoms with Gasteiger partial charge in [-0.05, 0) is 51.1 Å². The monoisotopic (exact) mass is 541 g/mol. The third-order valence-electron chi connectivity index (χ3n) is 8.34. The van der Waals surface area contributed by atoms with Crippen LogP contribution >= 0.6 is 0 Å². The Kier molecular flexibility index (Phi) is 8.47. The average Bonchev–Trinajstić information content (AvgIpc) is 3.13. The maximum atomic E-state index is 13.9. The Labute approximate surface area is 231 Å². The molecule has 1 aliphatic carbocycles. The van der Waals surface area contributed by atoms with E-state index < -0.39 is 17.2 Å². The Morgan fingerprint density at radius 2 is 1.82 bits per heavy atom. The van der Waals surface area contributed by atoms with Crippen molar-refractivity contribution in [1.82, 2.24) is 20.0 Å². The van der Waals surface area contributed by atoms with Gasteiger partial charge in [0.15, 0.2) is 0 Å². The molecule has 39 heavy (non-hydrogen) atoms. The third kappa shape index (κ3) is 6.02. The summed E-state index contributed by atoms with van der Waals surface area (Å²) in [4.78, 5) is 11.4. The summed E-state index contributed by atoms with van der Waals surface area (Å²) in [6.45, 7) is 7.09. The van der Waals surface area contributed by atoms with Crippen LogP contribution < -0.4 is 5.32 Å². The van der Waals surface area contributed by atoms with Crippen LogP contribution in [0.2, 0.25) is 0 Å². The SMILES string of the molecule is CC1C(C2=C(C3(C)C=CC=C(C(F)(F)F)C3)N(C)C(CCN(C)C)N2C)=CC=NC1N[C@@H](C)c1ccccc1. The number of rotatable bonds is 8. The van der Waals surface area contributed by atoms with Gasteiger partial charge in [0.25, 0.3) is 0 Å². The van der Waals surface area contributed by atoms with Gasteiger partial charge in [0.1, 0.15) is 12.3 Å². The van der Waals surface area contributed by atoms with E-state index >= 15 is 0 Å². The predicted octanol–water partition coefficient (Wildman–Crippen LogP) is 6.13. The predicted molar refractivity (Wildman–Crippen MR) is 153 cm³/mol. The van der Waals surface area contributed by atoms with Crippen molar-refractivity contribution in [2.45, 2.75) is 58.2 Å².